The average molecular weight is 368 g/mol. The molecule has 0 spiro atoms. The minimum absolute atomic E-state index is 0.103. The highest BCUT2D eigenvalue weighted by atomic mass is 16.5. The molecule has 0 aromatic heterocycles. The fourth-order valence-electron chi connectivity index (χ4n) is 2.42. The van der Waals surface area contributed by atoms with E-state index in [0.717, 1.165) is 12.8 Å². The number of hydrogen-bond donors (Lipinski definition) is 2. The van der Waals surface area contributed by atoms with Crippen molar-refractivity contribution in [3.8, 4) is 5.75 Å². The lowest BCUT2D eigenvalue weighted by atomic mass is 10.1. The Morgan fingerprint density at radius 2 is 1.70 bits per heavy atom. The topological polar surface area (TPSA) is 67.4 Å². The summed E-state index contributed by atoms with van der Waals surface area (Å²) >= 11 is 0. The molecule has 0 saturated heterocycles. The molecule has 0 bridgehead atoms. The number of nitrogens with one attached hydrogen (secondary N) is 2. The molecule has 2 aromatic rings. The average Bonchev–Trinajstić information content (AvgIpc) is 2.67. The maximum absolute atomic E-state index is 12.6. The summed E-state index contributed by atoms with van der Waals surface area (Å²) in [5.41, 5.74) is 1.69. The maximum Gasteiger partial charge on any atom is 0.259 e. The van der Waals surface area contributed by atoms with E-state index in [9.17, 15) is 9.59 Å². The molecule has 0 aliphatic rings. The van der Waals surface area contributed by atoms with Crippen molar-refractivity contribution in [2.75, 3.05) is 18.5 Å². The van der Waals surface area contributed by atoms with Gasteiger partial charge in [0, 0.05) is 17.8 Å². The van der Waals surface area contributed by atoms with Gasteiger partial charge in [0.2, 0.25) is 0 Å². The van der Waals surface area contributed by atoms with E-state index in [2.05, 4.69) is 31.4 Å². The number of carbonyl (C=O) groups excluding carboxylic acids is 2. The fourth-order valence-corrected chi connectivity index (χ4v) is 2.42. The molecule has 27 heavy (non-hydrogen) atoms. The monoisotopic (exact) mass is 368 g/mol. The van der Waals surface area contributed by atoms with Crippen LogP contribution in [-0.2, 0) is 0 Å². The molecule has 2 amide bonds. The second kappa shape index (κ2) is 10.4. The van der Waals surface area contributed by atoms with Gasteiger partial charge in [-0.05, 0) is 48.7 Å². The lowest BCUT2D eigenvalue weighted by molar-refractivity contribution is 0.0952. The van der Waals surface area contributed by atoms with Crippen molar-refractivity contribution in [1.82, 2.24) is 5.32 Å². The smallest absolute Gasteiger partial charge is 0.259 e. The van der Waals surface area contributed by atoms with E-state index in [1.807, 2.05) is 6.07 Å². The van der Waals surface area contributed by atoms with Gasteiger partial charge in [-0.3, -0.25) is 9.59 Å². The number of hydrogen-bond acceptors (Lipinski definition) is 3. The minimum atomic E-state index is -0.241. The van der Waals surface area contributed by atoms with Crippen molar-refractivity contribution < 1.29 is 14.3 Å². The van der Waals surface area contributed by atoms with Gasteiger partial charge >= 0.3 is 0 Å². The van der Waals surface area contributed by atoms with Crippen LogP contribution < -0.4 is 15.4 Å². The third-order valence-electron chi connectivity index (χ3n) is 3.92. The number of anilines is 1. The molecular formula is C22H28N2O3. The summed E-state index contributed by atoms with van der Waals surface area (Å²) in [6, 6.07) is 14.0. The van der Waals surface area contributed by atoms with Gasteiger partial charge in [0.15, 0.2) is 0 Å². The summed E-state index contributed by atoms with van der Waals surface area (Å²) in [5.74, 6) is 0.594. The van der Waals surface area contributed by atoms with Gasteiger partial charge < -0.3 is 15.4 Å². The summed E-state index contributed by atoms with van der Waals surface area (Å²) in [6.07, 6.45) is 1.99. The highest BCUT2D eigenvalue weighted by Gasteiger charge is 2.13. The predicted molar refractivity (Wildman–Crippen MR) is 108 cm³/mol. The number of benzene rings is 2. The van der Waals surface area contributed by atoms with Crippen molar-refractivity contribution >= 4 is 17.5 Å². The normalized spacial score (nSPS) is 10.5. The van der Waals surface area contributed by atoms with Crippen molar-refractivity contribution in [3.05, 3.63) is 59.7 Å². The minimum Gasteiger partial charge on any atom is -0.492 e. The molecule has 0 unspecified atom stereocenters. The summed E-state index contributed by atoms with van der Waals surface area (Å²) in [4.78, 5) is 24.6. The summed E-state index contributed by atoms with van der Waals surface area (Å²) in [5, 5.41) is 5.73. The van der Waals surface area contributed by atoms with Crippen molar-refractivity contribution in [3.63, 3.8) is 0 Å². The van der Waals surface area contributed by atoms with Crippen LogP contribution >= 0.6 is 0 Å². The lowest BCUT2D eigenvalue weighted by Gasteiger charge is -2.13. The van der Waals surface area contributed by atoms with Gasteiger partial charge in [-0.25, -0.2) is 0 Å². The molecule has 0 radical (unpaired) electrons. The van der Waals surface area contributed by atoms with E-state index in [-0.39, 0.29) is 11.8 Å². The fraction of sp³-hybridized carbons (Fsp3) is 0.364. The number of para-hydroxylation sites is 1. The van der Waals surface area contributed by atoms with Gasteiger partial charge in [0.25, 0.3) is 11.8 Å². The second-order valence-electron chi connectivity index (χ2n) is 6.84. The predicted octanol–water partition coefficient (Wildman–Crippen LogP) is 4.50. The molecule has 0 atom stereocenters. The zero-order valence-electron chi connectivity index (χ0n) is 16.2. The van der Waals surface area contributed by atoms with Gasteiger partial charge in [-0.15, -0.1) is 0 Å². The van der Waals surface area contributed by atoms with Crippen LogP contribution in [0.25, 0.3) is 0 Å². The van der Waals surface area contributed by atoms with E-state index in [1.54, 1.807) is 42.5 Å². The van der Waals surface area contributed by atoms with Crippen LogP contribution in [0.2, 0.25) is 0 Å². The van der Waals surface area contributed by atoms with Crippen molar-refractivity contribution in [2.45, 2.75) is 33.6 Å². The van der Waals surface area contributed by atoms with Crippen LogP contribution in [-0.4, -0.2) is 25.0 Å². The van der Waals surface area contributed by atoms with Crippen molar-refractivity contribution in [1.29, 1.82) is 0 Å². The Bertz CT molecular complexity index is 754. The number of unbranched alkanes of at least 4 members (excludes halogenated alkanes) is 1. The molecule has 0 aliphatic carbocycles. The molecule has 5 nitrogen and oxygen atoms in total. The summed E-state index contributed by atoms with van der Waals surface area (Å²) in [7, 11) is 0. The molecule has 0 heterocycles. The first-order valence-corrected chi connectivity index (χ1v) is 9.42. The van der Waals surface area contributed by atoms with Crippen molar-refractivity contribution in [2.24, 2.45) is 5.92 Å². The highest BCUT2D eigenvalue weighted by molar-refractivity contribution is 6.06. The Morgan fingerprint density at radius 1 is 1.00 bits per heavy atom. The molecule has 2 rings (SSSR count). The zero-order chi connectivity index (χ0) is 19.6. The van der Waals surface area contributed by atoms with Crippen LogP contribution in [0.1, 0.15) is 54.3 Å². The molecule has 5 heteroatoms. The van der Waals surface area contributed by atoms with Gasteiger partial charge in [0.1, 0.15) is 5.75 Å². The van der Waals surface area contributed by atoms with Crippen LogP contribution in [0.5, 0.6) is 5.75 Å². The van der Waals surface area contributed by atoms with Gasteiger partial charge in [-0.2, -0.15) is 0 Å². The quantitative estimate of drug-likeness (QED) is 0.640. The van der Waals surface area contributed by atoms with Gasteiger partial charge in [-0.1, -0.05) is 39.3 Å². The number of carbonyl (C=O) groups is 2. The van der Waals surface area contributed by atoms with E-state index < -0.39 is 0 Å². The number of amides is 2. The Hall–Kier alpha value is -2.82. The van der Waals surface area contributed by atoms with Gasteiger partial charge in [0.05, 0.1) is 12.2 Å². The van der Waals surface area contributed by atoms with Crippen LogP contribution in [0.3, 0.4) is 0 Å². The Labute approximate surface area is 161 Å². The highest BCUT2D eigenvalue weighted by Crippen LogP contribution is 2.20. The van der Waals surface area contributed by atoms with Crippen LogP contribution in [0, 0.1) is 5.92 Å². The zero-order valence-corrected chi connectivity index (χ0v) is 16.2. The lowest BCUT2D eigenvalue weighted by Crippen LogP contribution is -2.24. The Kier molecular flexibility index (Phi) is 7.86. The molecule has 144 valence electrons. The summed E-state index contributed by atoms with van der Waals surface area (Å²) in [6.45, 7) is 7.41. The molecule has 0 saturated carbocycles. The maximum atomic E-state index is 12.6. The number of rotatable bonds is 9. The first-order valence-electron chi connectivity index (χ1n) is 9.42. The van der Waals surface area contributed by atoms with E-state index in [1.165, 1.54) is 0 Å². The SMILES string of the molecule is CCCCNC(=O)c1ccc(NC(=O)c2ccccc2OCC(C)C)cc1. The summed E-state index contributed by atoms with van der Waals surface area (Å²) < 4.78 is 5.74. The van der Waals surface area contributed by atoms with Crippen LogP contribution in [0.4, 0.5) is 5.69 Å². The van der Waals surface area contributed by atoms with E-state index in [0.29, 0.717) is 41.6 Å². The third-order valence-corrected chi connectivity index (χ3v) is 3.92. The molecule has 0 aliphatic heterocycles. The van der Waals surface area contributed by atoms with E-state index >= 15 is 0 Å². The third kappa shape index (κ3) is 6.44. The molecule has 0 fully saturated rings. The largest absolute Gasteiger partial charge is 0.492 e. The first kappa shape index (κ1) is 20.5. The molecule has 2 N–H and O–H groups in total. The van der Waals surface area contributed by atoms with Crippen LogP contribution in [0.15, 0.2) is 48.5 Å². The Morgan fingerprint density at radius 3 is 2.37 bits per heavy atom. The Balaban J connectivity index is 2.01. The molecular weight excluding hydrogens is 340 g/mol. The molecule has 2 aromatic carbocycles. The number of ether oxygens (including phenoxy) is 1. The van der Waals surface area contributed by atoms with E-state index in [4.69, 9.17) is 4.74 Å². The first-order chi connectivity index (χ1) is 13.0. The second-order valence-corrected chi connectivity index (χ2v) is 6.84. The standard InChI is InChI=1S/C22H28N2O3/c1-4-5-14-23-21(25)17-10-12-18(13-11-17)24-22(26)19-8-6-7-9-20(19)27-15-16(2)3/h6-13,16H,4-5,14-15H2,1-3H3,(H,23,25)(H,24,26).